The summed E-state index contributed by atoms with van der Waals surface area (Å²) in [6.45, 7) is 0. The van der Waals surface area contributed by atoms with E-state index in [2.05, 4.69) is 144 Å². The molecule has 0 aliphatic heterocycles. The van der Waals surface area contributed by atoms with Crippen LogP contribution in [0.5, 0.6) is 0 Å². The van der Waals surface area contributed by atoms with Crippen molar-refractivity contribution >= 4 is 76.1 Å². The van der Waals surface area contributed by atoms with Crippen LogP contribution < -0.4 is 0 Å². The lowest BCUT2D eigenvalue weighted by atomic mass is 9.97. The van der Waals surface area contributed by atoms with Gasteiger partial charge >= 0.3 is 0 Å². The zero-order valence-corrected chi connectivity index (χ0v) is 23.1. The number of furan rings is 1. The Hall–Kier alpha value is -5.80. The molecule has 0 saturated carbocycles. The van der Waals surface area contributed by atoms with Crippen LogP contribution in [0.2, 0.25) is 0 Å². The first-order chi connectivity index (χ1) is 21.3. The molecular weight excluding hydrogens is 524 g/mol. The minimum atomic E-state index is 0.943. The standard InChI is InChI=1S/C40H24N2O/c1-2-8-23(9-3-1)25-14-15-27-22-41-37(32(27)20-25)26-17-19-34-33(21-26)35-36-31-18-16-24-10-4-5-11-28(24)39(31)43-40(36)30-13-7-6-12-29(30)38(35)42-34/h1-22,41-42H. The number of fused-ring (bicyclic) bond motifs is 13. The second-order valence-corrected chi connectivity index (χ2v) is 11.5. The van der Waals surface area contributed by atoms with Crippen molar-refractivity contribution in [2.24, 2.45) is 0 Å². The van der Waals surface area contributed by atoms with Crippen LogP contribution in [0.15, 0.2) is 138 Å². The Balaban J connectivity index is 1.30. The van der Waals surface area contributed by atoms with E-state index in [1.165, 1.54) is 48.8 Å². The third-order valence-electron chi connectivity index (χ3n) is 9.16. The summed E-state index contributed by atoms with van der Waals surface area (Å²) in [7, 11) is 0. The van der Waals surface area contributed by atoms with Gasteiger partial charge in [-0.25, -0.2) is 0 Å². The largest absolute Gasteiger partial charge is 0.455 e. The van der Waals surface area contributed by atoms with Gasteiger partial charge in [0.2, 0.25) is 0 Å². The normalized spacial score (nSPS) is 12.2. The van der Waals surface area contributed by atoms with E-state index in [-0.39, 0.29) is 0 Å². The molecule has 3 heteroatoms. The fourth-order valence-electron chi connectivity index (χ4n) is 7.15. The predicted molar refractivity (Wildman–Crippen MR) is 181 cm³/mol. The molecule has 0 aliphatic carbocycles. The average Bonchev–Trinajstić information content (AvgIpc) is 3.78. The van der Waals surface area contributed by atoms with Crippen molar-refractivity contribution in [3.05, 3.63) is 134 Å². The number of hydrogen-bond donors (Lipinski definition) is 2. The van der Waals surface area contributed by atoms with Crippen molar-refractivity contribution in [1.29, 1.82) is 0 Å². The number of H-pyrrole nitrogens is 2. The topological polar surface area (TPSA) is 44.7 Å². The minimum absolute atomic E-state index is 0.943. The first-order valence-electron chi connectivity index (χ1n) is 14.7. The van der Waals surface area contributed by atoms with Crippen molar-refractivity contribution in [2.75, 3.05) is 0 Å². The summed E-state index contributed by atoms with van der Waals surface area (Å²) in [5.74, 6) is 0. The number of hydrogen-bond acceptors (Lipinski definition) is 1. The Morgan fingerprint density at radius 3 is 2.09 bits per heavy atom. The van der Waals surface area contributed by atoms with Crippen LogP contribution in [0.1, 0.15) is 0 Å². The molecule has 0 aliphatic rings. The highest BCUT2D eigenvalue weighted by atomic mass is 16.3. The molecule has 0 fully saturated rings. The molecular formula is C40H24N2O. The fourth-order valence-corrected chi connectivity index (χ4v) is 7.15. The van der Waals surface area contributed by atoms with Gasteiger partial charge in [0.1, 0.15) is 11.2 Å². The first-order valence-corrected chi connectivity index (χ1v) is 14.7. The summed E-state index contributed by atoms with van der Waals surface area (Å²) in [5.41, 5.74) is 8.88. The highest BCUT2D eigenvalue weighted by molar-refractivity contribution is 6.36. The summed E-state index contributed by atoms with van der Waals surface area (Å²) in [6, 6.07) is 45.6. The number of nitrogens with one attached hydrogen (secondary N) is 2. The molecule has 43 heavy (non-hydrogen) atoms. The number of benzene rings is 7. The van der Waals surface area contributed by atoms with Gasteiger partial charge in [0.25, 0.3) is 0 Å². The van der Waals surface area contributed by atoms with Crippen LogP contribution in [0.3, 0.4) is 0 Å². The van der Waals surface area contributed by atoms with Crippen molar-refractivity contribution in [3.63, 3.8) is 0 Å². The molecule has 10 rings (SSSR count). The average molecular weight is 549 g/mol. The minimum Gasteiger partial charge on any atom is -0.455 e. The van der Waals surface area contributed by atoms with E-state index >= 15 is 0 Å². The summed E-state index contributed by atoms with van der Waals surface area (Å²) in [4.78, 5) is 7.39. The molecule has 2 N–H and O–H groups in total. The Kier molecular flexibility index (Phi) is 4.45. The molecule has 0 unspecified atom stereocenters. The third kappa shape index (κ3) is 3.14. The lowest BCUT2D eigenvalue weighted by Gasteiger charge is -2.05. The lowest BCUT2D eigenvalue weighted by Crippen LogP contribution is -1.81. The molecule has 200 valence electrons. The summed E-state index contributed by atoms with van der Waals surface area (Å²) in [6.07, 6.45) is 2.11. The maximum absolute atomic E-state index is 6.80. The van der Waals surface area contributed by atoms with E-state index in [0.717, 1.165) is 49.6 Å². The monoisotopic (exact) mass is 548 g/mol. The Labute approximate surface area is 246 Å². The molecule has 0 spiro atoms. The number of rotatable bonds is 2. The summed E-state index contributed by atoms with van der Waals surface area (Å²) >= 11 is 0. The Morgan fingerprint density at radius 1 is 0.442 bits per heavy atom. The molecule has 3 heterocycles. The molecule has 0 radical (unpaired) electrons. The molecule has 3 aromatic heterocycles. The van der Waals surface area contributed by atoms with E-state index in [4.69, 9.17) is 4.42 Å². The number of aromatic nitrogens is 2. The van der Waals surface area contributed by atoms with Gasteiger partial charge < -0.3 is 14.4 Å². The van der Waals surface area contributed by atoms with Gasteiger partial charge in [-0.1, -0.05) is 103 Å². The van der Waals surface area contributed by atoms with Crippen molar-refractivity contribution in [3.8, 4) is 22.4 Å². The Bertz CT molecular complexity index is 2720. The zero-order chi connectivity index (χ0) is 28.1. The third-order valence-corrected chi connectivity index (χ3v) is 9.16. The van der Waals surface area contributed by atoms with E-state index in [1.54, 1.807) is 0 Å². The molecule has 10 aromatic rings. The maximum atomic E-state index is 6.80. The molecule has 0 atom stereocenters. The summed E-state index contributed by atoms with van der Waals surface area (Å²) in [5, 5.41) is 11.8. The predicted octanol–water partition coefficient (Wildman–Crippen LogP) is 11.3. The van der Waals surface area contributed by atoms with Crippen LogP contribution in [-0.2, 0) is 0 Å². The molecule has 0 amide bonds. The van der Waals surface area contributed by atoms with E-state index < -0.39 is 0 Å². The van der Waals surface area contributed by atoms with Crippen LogP contribution in [0, 0.1) is 0 Å². The molecule has 3 nitrogen and oxygen atoms in total. The van der Waals surface area contributed by atoms with Gasteiger partial charge in [0.05, 0.1) is 11.2 Å². The van der Waals surface area contributed by atoms with Gasteiger partial charge in [-0.05, 0) is 51.7 Å². The molecule has 0 saturated heterocycles. The van der Waals surface area contributed by atoms with Crippen LogP contribution in [0.25, 0.3) is 98.4 Å². The van der Waals surface area contributed by atoms with Crippen LogP contribution in [-0.4, -0.2) is 9.97 Å². The lowest BCUT2D eigenvalue weighted by molar-refractivity contribution is 0.676. The number of aromatic amines is 2. The quantitative estimate of drug-likeness (QED) is 0.222. The van der Waals surface area contributed by atoms with E-state index in [9.17, 15) is 0 Å². The van der Waals surface area contributed by atoms with Gasteiger partial charge in [0, 0.05) is 54.8 Å². The van der Waals surface area contributed by atoms with Gasteiger partial charge in [-0.2, -0.15) is 0 Å². The van der Waals surface area contributed by atoms with Crippen LogP contribution >= 0.6 is 0 Å². The van der Waals surface area contributed by atoms with Crippen molar-refractivity contribution in [1.82, 2.24) is 9.97 Å². The van der Waals surface area contributed by atoms with E-state index in [1.807, 2.05) is 0 Å². The second kappa shape index (κ2) is 8.37. The van der Waals surface area contributed by atoms with E-state index in [0.29, 0.717) is 0 Å². The SMILES string of the molecule is c1ccc(-c2ccc3c[nH]c(-c4ccc5[nH]c6c7ccccc7c7oc8c9ccccc9ccc8c7c6c5c4)c3c2)cc1. The Morgan fingerprint density at radius 2 is 1.19 bits per heavy atom. The van der Waals surface area contributed by atoms with Gasteiger partial charge in [-0.3, -0.25) is 0 Å². The van der Waals surface area contributed by atoms with Gasteiger partial charge in [-0.15, -0.1) is 0 Å². The zero-order valence-electron chi connectivity index (χ0n) is 23.1. The highest BCUT2D eigenvalue weighted by Gasteiger charge is 2.21. The van der Waals surface area contributed by atoms with Gasteiger partial charge in [0.15, 0.2) is 0 Å². The summed E-state index contributed by atoms with van der Waals surface area (Å²) < 4.78 is 6.80. The van der Waals surface area contributed by atoms with Crippen molar-refractivity contribution in [2.45, 2.75) is 0 Å². The molecule has 0 bridgehead atoms. The van der Waals surface area contributed by atoms with Crippen molar-refractivity contribution < 1.29 is 4.42 Å². The highest BCUT2D eigenvalue weighted by Crippen LogP contribution is 2.46. The van der Waals surface area contributed by atoms with Crippen LogP contribution in [0.4, 0.5) is 0 Å². The first kappa shape index (κ1) is 22.8. The second-order valence-electron chi connectivity index (χ2n) is 11.5. The smallest absolute Gasteiger partial charge is 0.144 e. The molecule has 7 aromatic carbocycles. The fraction of sp³-hybridized carbons (Fsp3) is 0. The maximum Gasteiger partial charge on any atom is 0.144 e.